The third-order valence-corrected chi connectivity index (χ3v) is 3.76. The Balaban J connectivity index is 2.22. The van der Waals surface area contributed by atoms with Crippen molar-refractivity contribution in [1.82, 2.24) is 4.98 Å². The number of aryl methyl sites for hydroxylation is 2. The molecule has 0 aliphatic carbocycles. The van der Waals surface area contributed by atoms with Crippen molar-refractivity contribution in [3.63, 3.8) is 0 Å². The van der Waals surface area contributed by atoms with E-state index in [4.69, 9.17) is 0 Å². The fourth-order valence-electron chi connectivity index (χ4n) is 2.74. The Bertz CT molecular complexity index is 864. The van der Waals surface area contributed by atoms with Crippen LogP contribution in [0, 0.1) is 13.8 Å². The maximum Gasteiger partial charge on any atom is 0.255 e. The number of hydrogen-bond donors (Lipinski definition) is 2. The van der Waals surface area contributed by atoms with Crippen molar-refractivity contribution in [3.05, 3.63) is 75.1 Å². The molecule has 0 atom stereocenters. The predicted octanol–water partition coefficient (Wildman–Crippen LogP) is 3.44. The van der Waals surface area contributed by atoms with E-state index in [0.29, 0.717) is 22.9 Å². The van der Waals surface area contributed by atoms with Gasteiger partial charge < -0.3 is 10.1 Å². The van der Waals surface area contributed by atoms with Gasteiger partial charge in [-0.3, -0.25) is 4.79 Å². The highest BCUT2D eigenvalue weighted by atomic mass is 16.3. The Hall–Kier alpha value is -2.55. The number of aromatic hydroxyl groups is 1. The number of aromatic amines is 1. The van der Waals surface area contributed by atoms with Crippen LogP contribution in [-0.4, -0.2) is 10.1 Å². The van der Waals surface area contributed by atoms with E-state index in [1.165, 1.54) is 0 Å². The topological polar surface area (TPSA) is 53.1 Å². The zero-order valence-corrected chi connectivity index (χ0v) is 12.1. The molecule has 0 amide bonds. The molecule has 1 heterocycles. The van der Waals surface area contributed by atoms with Gasteiger partial charge in [-0.1, -0.05) is 36.4 Å². The summed E-state index contributed by atoms with van der Waals surface area (Å²) >= 11 is 0. The van der Waals surface area contributed by atoms with Gasteiger partial charge in [0, 0.05) is 11.8 Å². The lowest BCUT2D eigenvalue weighted by Gasteiger charge is -2.10. The molecule has 0 radical (unpaired) electrons. The predicted molar refractivity (Wildman–Crippen MR) is 85.0 cm³/mol. The largest absolute Gasteiger partial charge is 0.507 e. The molecular weight excluding hydrogens is 262 g/mol. The highest BCUT2D eigenvalue weighted by molar-refractivity contribution is 5.88. The van der Waals surface area contributed by atoms with Crippen LogP contribution >= 0.6 is 0 Å². The number of rotatable bonds is 2. The first kappa shape index (κ1) is 13.4. The van der Waals surface area contributed by atoms with Crippen LogP contribution in [-0.2, 0) is 6.42 Å². The fourth-order valence-corrected chi connectivity index (χ4v) is 2.74. The van der Waals surface area contributed by atoms with Crippen LogP contribution in [0.3, 0.4) is 0 Å². The van der Waals surface area contributed by atoms with Crippen molar-refractivity contribution in [2.45, 2.75) is 20.3 Å². The summed E-state index contributed by atoms with van der Waals surface area (Å²) in [7, 11) is 0. The van der Waals surface area contributed by atoms with Gasteiger partial charge in [0.05, 0.1) is 11.1 Å². The van der Waals surface area contributed by atoms with Gasteiger partial charge in [-0.2, -0.15) is 0 Å². The SMILES string of the molecule is Cc1cc(C)c2[nH]c(=O)c(Cc3ccccc3)c(O)c2c1. The summed E-state index contributed by atoms with van der Waals surface area (Å²) in [5.74, 6) is 0.0874. The molecule has 0 bridgehead atoms. The number of H-pyrrole nitrogens is 1. The molecule has 3 aromatic rings. The molecule has 3 rings (SSSR count). The van der Waals surface area contributed by atoms with Crippen LogP contribution in [0.25, 0.3) is 10.9 Å². The van der Waals surface area contributed by atoms with Crippen LogP contribution in [0.1, 0.15) is 22.3 Å². The Morgan fingerprint density at radius 2 is 1.81 bits per heavy atom. The lowest BCUT2D eigenvalue weighted by Crippen LogP contribution is -2.14. The quantitative estimate of drug-likeness (QED) is 0.755. The smallest absolute Gasteiger partial charge is 0.255 e. The average molecular weight is 279 g/mol. The fraction of sp³-hybridized carbons (Fsp3) is 0.167. The van der Waals surface area contributed by atoms with E-state index in [1.54, 1.807) is 0 Å². The summed E-state index contributed by atoms with van der Waals surface area (Å²) < 4.78 is 0. The zero-order chi connectivity index (χ0) is 15.0. The average Bonchev–Trinajstić information content (AvgIpc) is 2.46. The van der Waals surface area contributed by atoms with Gasteiger partial charge in [-0.25, -0.2) is 0 Å². The maximum atomic E-state index is 12.3. The Morgan fingerprint density at radius 3 is 2.52 bits per heavy atom. The molecule has 3 nitrogen and oxygen atoms in total. The second-order valence-corrected chi connectivity index (χ2v) is 5.45. The van der Waals surface area contributed by atoms with Crippen LogP contribution in [0.5, 0.6) is 5.75 Å². The molecule has 2 N–H and O–H groups in total. The van der Waals surface area contributed by atoms with Gasteiger partial charge >= 0.3 is 0 Å². The van der Waals surface area contributed by atoms with E-state index in [0.717, 1.165) is 16.7 Å². The van der Waals surface area contributed by atoms with Crippen molar-refractivity contribution < 1.29 is 5.11 Å². The normalized spacial score (nSPS) is 11.0. The molecule has 21 heavy (non-hydrogen) atoms. The molecule has 0 spiro atoms. The van der Waals surface area contributed by atoms with E-state index in [-0.39, 0.29) is 11.3 Å². The summed E-state index contributed by atoms with van der Waals surface area (Å²) in [6, 6.07) is 13.6. The Morgan fingerprint density at radius 1 is 1.10 bits per heavy atom. The van der Waals surface area contributed by atoms with E-state index in [1.807, 2.05) is 56.3 Å². The van der Waals surface area contributed by atoms with Crippen LogP contribution in [0.2, 0.25) is 0 Å². The molecule has 0 fully saturated rings. The second kappa shape index (κ2) is 5.09. The lowest BCUT2D eigenvalue weighted by molar-refractivity contribution is 0.474. The molecule has 0 saturated carbocycles. The molecule has 2 aromatic carbocycles. The number of fused-ring (bicyclic) bond motifs is 1. The first-order valence-electron chi connectivity index (χ1n) is 6.95. The van der Waals surface area contributed by atoms with E-state index < -0.39 is 0 Å². The third kappa shape index (κ3) is 2.42. The standard InChI is InChI=1S/C18H17NO2/c1-11-8-12(2)16-14(9-11)17(20)15(18(21)19-16)10-13-6-4-3-5-7-13/h3-9H,10H2,1-2H3,(H2,19,20,21). The minimum Gasteiger partial charge on any atom is -0.507 e. The first-order chi connectivity index (χ1) is 10.1. The Labute approximate surface area is 122 Å². The summed E-state index contributed by atoms with van der Waals surface area (Å²) in [4.78, 5) is 15.2. The van der Waals surface area contributed by atoms with E-state index in [9.17, 15) is 9.90 Å². The highest BCUT2D eigenvalue weighted by Crippen LogP contribution is 2.29. The van der Waals surface area contributed by atoms with Gasteiger partial charge in [-0.05, 0) is 36.6 Å². The molecule has 0 unspecified atom stereocenters. The molecule has 0 saturated heterocycles. The van der Waals surface area contributed by atoms with Crippen molar-refractivity contribution in [2.75, 3.05) is 0 Å². The van der Waals surface area contributed by atoms with Crippen molar-refractivity contribution in [1.29, 1.82) is 0 Å². The van der Waals surface area contributed by atoms with Crippen molar-refractivity contribution >= 4 is 10.9 Å². The third-order valence-electron chi connectivity index (χ3n) is 3.76. The van der Waals surface area contributed by atoms with Gasteiger partial charge in [-0.15, -0.1) is 0 Å². The second-order valence-electron chi connectivity index (χ2n) is 5.45. The molecule has 106 valence electrons. The number of hydrogen-bond acceptors (Lipinski definition) is 2. The zero-order valence-electron chi connectivity index (χ0n) is 12.1. The van der Waals surface area contributed by atoms with E-state index >= 15 is 0 Å². The van der Waals surface area contributed by atoms with Gasteiger partial charge in [0.15, 0.2) is 0 Å². The summed E-state index contributed by atoms with van der Waals surface area (Å²) in [5.41, 5.74) is 3.92. The lowest BCUT2D eigenvalue weighted by atomic mass is 10.0. The monoisotopic (exact) mass is 279 g/mol. The molecular formula is C18H17NO2. The summed E-state index contributed by atoms with van der Waals surface area (Å²) in [6.45, 7) is 3.91. The number of pyridine rings is 1. The first-order valence-corrected chi connectivity index (χ1v) is 6.95. The van der Waals surface area contributed by atoms with Crippen LogP contribution in [0.4, 0.5) is 0 Å². The van der Waals surface area contributed by atoms with Crippen molar-refractivity contribution in [2.24, 2.45) is 0 Å². The maximum absolute atomic E-state index is 12.3. The van der Waals surface area contributed by atoms with Crippen molar-refractivity contribution in [3.8, 4) is 5.75 Å². The summed E-state index contributed by atoms with van der Waals surface area (Å²) in [6.07, 6.45) is 0.422. The molecule has 3 heteroatoms. The highest BCUT2D eigenvalue weighted by Gasteiger charge is 2.13. The summed E-state index contributed by atoms with van der Waals surface area (Å²) in [5, 5.41) is 11.2. The van der Waals surface area contributed by atoms with E-state index in [2.05, 4.69) is 4.98 Å². The molecule has 0 aliphatic heterocycles. The van der Waals surface area contributed by atoms with Gasteiger partial charge in [0.25, 0.3) is 5.56 Å². The minimum atomic E-state index is -0.226. The number of aromatic nitrogens is 1. The van der Waals surface area contributed by atoms with Crippen LogP contribution < -0.4 is 5.56 Å². The number of nitrogens with one attached hydrogen (secondary N) is 1. The number of benzene rings is 2. The van der Waals surface area contributed by atoms with Gasteiger partial charge in [0.2, 0.25) is 0 Å². The Kier molecular flexibility index (Phi) is 3.26. The molecule has 1 aromatic heterocycles. The van der Waals surface area contributed by atoms with Gasteiger partial charge in [0.1, 0.15) is 5.75 Å². The minimum absolute atomic E-state index is 0.0874. The van der Waals surface area contributed by atoms with Crippen LogP contribution in [0.15, 0.2) is 47.3 Å². The molecule has 0 aliphatic rings.